The second-order valence-corrected chi connectivity index (χ2v) is 10.2. The van der Waals surface area contributed by atoms with Gasteiger partial charge in [0.05, 0.1) is 18.3 Å². The lowest BCUT2D eigenvalue weighted by molar-refractivity contribution is -0.113. The Balaban J connectivity index is 1.85. The molecule has 0 spiro atoms. The van der Waals surface area contributed by atoms with Crippen molar-refractivity contribution < 1.29 is 14.3 Å². The smallest absolute Gasteiger partial charge is 0.261 e. The van der Waals surface area contributed by atoms with Gasteiger partial charge in [0.25, 0.3) is 5.91 Å². The minimum Gasteiger partial charge on any atom is -0.493 e. The van der Waals surface area contributed by atoms with Gasteiger partial charge in [-0.25, -0.2) is 0 Å². The first-order chi connectivity index (χ1) is 17.2. The normalized spacial score (nSPS) is 15.8. The zero-order valence-corrected chi connectivity index (χ0v) is 22.0. The molecule has 5 heteroatoms. The fourth-order valence-corrected chi connectivity index (χ4v) is 4.65. The minimum absolute atomic E-state index is 0.0783. The Morgan fingerprint density at radius 2 is 1.56 bits per heavy atom. The molecule has 0 aliphatic carbocycles. The third-order valence-corrected chi connectivity index (χ3v) is 6.05. The third-order valence-electron chi connectivity index (χ3n) is 6.05. The Hall–Kier alpha value is -3.73. The quantitative estimate of drug-likeness (QED) is 0.392. The van der Waals surface area contributed by atoms with Crippen molar-refractivity contribution in [3.8, 4) is 11.5 Å². The minimum atomic E-state index is -0.444. The molecular formula is C31H36N2O3. The van der Waals surface area contributed by atoms with Crippen LogP contribution in [0.25, 0.3) is 5.57 Å². The highest BCUT2D eigenvalue weighted by Gasteiger charge is 2.41. The van der Waals surface area contributed by atoms with Gasteiger partial charge in [-0.15, -0.1) is 0 Å². The van der Waals surface area contributed by atoms with Crippen molar-refractivity contribution in [3.05, 3.63) is 94.7 Å². The molecule has 1 aliphatic rings. The summed E-state index contributed by atoms with van der Waals surface area (Å²) in [5.41, 5.74) is 12.5. The van der Waals surface area contributed by atoms with Crippen LogP contribution >= 0.6 is 0 Å². The molecule has 1 amide bonds. The first-order valence-corrected chi connectivity index (χ1v) is 12.6. The summed E-state index contributed by atoms with van der Waals surface area (Å²) in [5, 5.41) is 0. The molecule has 36 heavy (non-hydrogen) atoms. The van der Waals surface area contributed by atoms with Crippen molar-refractivity contribution in [2.75, 3.05) is 11.5 Å². The number of para-hydroxylation sites is 1. The first-order valence-electron chi connectivity index (χ1n) is 12.6. The maximum absolute atomic E-state index is 14.1. The fraction of sp³-hybridized carbons (Fsp3) is 0.323. The molecule has 1 heterocycles. The van der Waals surface area contributed by atoms with E-state index in [4.69, 9.17) is 15.2 Å². The summed E-state index contributed by atoms with van der Waals surface area (Å²) < 4.78 is 11.9. The van der Waals surface area contributed by atoms with Gasteiger partial charge >= 0.3 is 0 Å². The summed E-state index contributed by atoms with van der Waals surface area (Å²) in [6.45, 7) is 12.8. The second-order valence-electron chi connectivity index (χ2n) is 10.2. The van der Waals surface area contributed by atoms with Crippen LogP contribution in [0, 0.1) is 19.8 Å². The summed E-state index contributed by atoms with van der Waals surface area (Å²) in [7, 11) is 0. The van der Waals surface area contributed by atoms with Crippen LogP contribution in [0.15, 0.2) is 72.4 Å². The Morgan fingerprint density at radius 1 is 0.917 bits per heavy atom. The molecular weight excluding hydrogens is 448 g/mol. The molecule has 0 bridgehead atoms. The predicted octanol–water partition coefficient (Wildman–Crippen LogP) is 6.58. The highest BCUT2D eigenvalue weighted by molar-refractivity contribution is 6.30. The molecule has 3 aromatic rings. The monoisotopic (exact) mass is 484 g/mol. The Kier molecular flexibility index (Phi) is 7.39. The third kappa shape index (κ3) is 5.25. The number of carbonyl (C=O) groups excluding carboxylic acids is 1. The summed E-state index contributed by atoms with van der Waals surface area (Å²) >= 11 is 0. The van der Waals surface area contributed by atoms with Crippen LogP contribution in [0.3, 0.4) is 0 Å². The van der Waals surface area contributed by atoms with Crippen molar-refractivity contribution in [2.24, 2.45) is 11.7 Å². The number of benzene rings is 3. The molecule has 2 N–H and O–H groups in total. The molecule has 1 unspecified atom stereocenters. The molecule has 0 saturated heterocycles. The van der Waals surface area contributed by atoms with Gasteiger partial charge in [0.15, 0.2) is 0 Å². The summed E-state index contributed by atoms with van der Waals surface area (Å²) in [6.07, 6.45) is 0.0783. The van der Waals surface area contributed by atoms with E-state index in [2.05, 4.69) is 19.9 Å². The van der Waals surface area contributed by atoms with E-state index in [9.17, 15) is 4.79 Å². The number of rotatable bonds is 8. The SMILES string of the molecule is Cc1cc(C)cc(N2C(=O)C(c3ccccc3OCC(C)C)=C(N)C2c2ccc(OC(C)C)cc2)c1. The summed E-state index contributed by atoms with van der Waals surface area (Å²) in [5.74, 6) is 1.67. The van der Waals surface area contributed by atoms with Gasteiger partial charge in [-0.3, -0.25) is 9.69 Å². The van der Waals surface area contributed by atoms with Crippen LogP contribution in [0.4, 0.5) is 5.69 Å². The molecule has 4 rings (SSSR count). The molecule has 3 aromatic carbocycles. The Morgan fingerprint density at radius 3 is 2.17 bits per heavy atom. The van der Waals surface area contributed by atoms with E-state index in [1.54, 1.807) is 0 Å². The van der Waals surface area contributed by atoms with E-state index < -0.39 is 6.04 Å². The van der Waals surface area contributed by atoms with Gasteiger partial charge in [-0.1, -0.05) is 50.2 Å². The number of hydrogen-bond donors (Lipinski definition) is 1. The van der Waals surface area contributed by atoms with E-state index in [1.165, 1.54) is 0 Å². The average Bonchev–Trinajstić information content (AvgIpc) is 3.07. The van der Waals surface area contributed by atoms with Crippen molar-refractivity contribution >= 4 is 17.2 Å². The van der Waals surface area contributed by atoms with Gasteiger partial charge in [-0.05, 0) is 80.6 Å². The van der Waals surface area contributed by atoms with E-state index in [0.717, 1.165) is 33.7 Å². The lowest BCUT2D eigenvalue weighted by Crippen LogP contribution is -2.31. The number of hydrogen-bond acceptors (Lipinski definition) is 4. The largest absolute Gasteiger partial charge is 0.493 e. The molecule has 188 valence electrons. The van der Waals surface area contributed by atoms with Crippen LogP contribution in [-0.4, -0.2) is 18.6 Å². The van der Waals surface area contributed by atoms with Crippen molar-refractivity contribution in [1.82, 2.24) is 0 Å². The lowest BCUT2D eigenvalue weighted by Gasteiger charge is -2.27. The maximum Gasteiger partial charge on any atom is 0.261 e. The molecule has 0 radical (unpaired) electrons. The van der Waals surface area contributed by atoms with Crippen LogP contribution < -0.4 is 20.1 Å². The van der Waals surface area contributed by atoms with Crippen molar-refractivity contribution in [3.63, 3.8) is 0 Å². The highest BCUT2D eigenvalue weighted by atomic mass is 16.5. The van der Waals surface area contributed by atoms with Gasteiger partial charge < -0.3 is 15.2 Å². The van der Waals surface area contributed by atoms with Crippen molar-refractivity contribution in [2.45, 2.75) is 53.7 Å². The van der Waals surface area contributed by atoms with Gasteiger partial charge in [0.1, 0.15) is 17.5 Å². The number of amides is 1. The van der Waals surface area contributed by atoms with E-state index in [-0.39, 0.29) is 12.0 Å². The molecule has 0 saturated carbocycles. The highest BCUT2D eigenvalue weighted by Crippen LogP contribution is 2.44. The van der Waals surface area contributed by atoms with Crippen molar-refractivity contribution in [1.29, 1.82) is 0 Å². The number of nitrogens with zero attached hydrogens (tertiary/aromatic N) is 1. The van der Waals surface area contributed by atoms with Crippen LogP contribution in [0.5, 0.6) is 11.5 Å². The van der Waals surface area contributed by atoms with E-state index >= 15 is 0 Å². The second kappa shape index (κ2) is 10.5. The van der Waals surface area contributed by atoms with Gasteiger partial charge in [0.2, 0.25) is 0 Å². The van der Waals surface area contributed by atoms with E-state index in [1.807, 2.05) is 93.3 Å². The van der Waals surface area contributed by atoms with Crippen LogP contribution in [0.2, 0.25) is 0 Å². The molecule has 1 atom stereocenters. The van der Waals surface area contributed by atoms with E-state index in [0.29, 0.717) is 29.5 Å². The number of nitrogens with two attached hydrogens (primary N) is 1. The average molecular weight is 485 g/mol. The summed E-state index contributed by atoms with van der Waals surface area (Å²) in [6, 6.07) is 21.2. The fourth-order valence-electron chi connectivity index (χ4n) is 4.65. The summed E-state index contributed by atoms with van der Waals surface area (Å²) in [4.78, 5) is 15.9. The zero-order chi connectivity index (χ0) is 26.0. The molecule has 1 aliphatic heterocycles. The van der Waals surface area contributed by atoms with Crippen LogP contribution in [0.1, 0.15) is 56.0 Å². The Labute approximate surface area is 214 Å². The number of carbonyl (C=O) groups is 1. The van der Waals surface area contributed by atoms with Gasteiger partial charge in [0, 0.05) is 16.9 Å². The molecule has 0 fully saturated rings. The molecule has 0 aromatic heterocycles. The number of ether oxygens (including phenoxy) is 2. The van der Waals surface area contributed by atoms with Crippen LogP contribution in [-0.2, 0) is 4.79 Å². The topological polar surface area (TPSA) is 64.8 Å². The standard InChI is InChI=1S/C31H36N2O3/c1-19(2)18-35-27-10-8-7-9-26(27)28-29(32)30(23-11-13-25(14-12-23)36-20(3)4)33(31(28)34)24-16-21(5)15-22(6)17-24/h7-17,19-20,30H,18,32H2,1-6H3. The maximum atomic E-state index is 14.1. The predicted molar refractivity (Wildman–Crippen MR) is 146 cm³/mol. The number of anilines is 1. The first kappa shape index (κ1) is 25.4. The Bertz CT molecular complexity index is 1250. The number of aryl methyl sites for hydroxylation is 2. The molecule has 5 nitrogen and oxygen atoms in total. The zero-order valence-electron chi connectivity index (χ0n) is 22.0. The van der Waals surface area contributed by atoms with Gasteiger partial charge in [-0.2, -0.15) is 0 Å². The lowest BCUT2D eigenvalue weighted by atomic mass is 9.99.